The van der Waals surface area contributed by atoms with Crippen molar-refractivity contribution in [2.75, 3.05) is 19.8 Å². The van der Waals surface area contributed by atoms with E-state index in [2.05, 4.69) is 142 Å². The Balaban J connectivity index is 4.36. The predicted molar refractivity (Wildman–Crippen MR) is 306 cm³/mol. The number of rotatable bonds is 52. The SMILES string of the molecule is CC/C=C\C/C=C\C/C=C\C/C=C\CCCCCCCCCOCC(COC(=O)CCCCCCCC/C=C\C/C=C\C/C=C\C/C=C\CC)OC(=O)CCCCCCC/C=C\C/C=C\CCCCC. The van der Waals surface area contributed by atoms with Gasteiger partial charge in [-0.3, -0.25) is 9.59 Å². The van der Waals surface area contributed by atoms with Gasteiger partial charge >= 0.3 is 11.9 Å². The number of hydrogen-bond acceptors (Lipinski definition) is 5. The Labute approximate surface area is 433 Å². The van der Waals surface area contributed by atoms with Gasteiger partial charge in [0.1, 0.15) is 6.61 Å². The summed E-state index contributed by atoms with van der Waals surface area (Å²) in [6.07, 6.45) is 83.6. The van der Waals surface area contributed by atoms with Crippen molar-refractivity contribution in [2.24, 2.45) is 0 Å². The van der Waals surface area contributed by atoms with Crippen molar-refractivity contribution >= 4 is 11.9 Å². The van der Waals surface area contributed by atoms with Gasteiger partial charge in [0.2, 0.25) is 0 Å². The summed E-state index contributed by atoms with van der Waals surface area (Å²) < 4.78 is 17.5. The summed E-state index contributed by atoms with van der Waals surface area (Å²) >= 11 is 0. The fraction of sp³-hybridized carbons (Fsp3) is 0.662. The quantitative estimate of drug-likeness (QED) is 0.0345. The molecule has 0 bridgehead atoms. The van der Waals surface area contributed by atoms with Crippen LogP contribution >= 0.6 is 0 Å². The molecule has 0 aliphatic carbocycles. The van der Waals surface area contributed by atoms with E-state index in [0.29, 0.717) is 19.4 Å². The fourth-order valence-corrected chi connectivity index (χ4v) is 7.70. The van der Waals surface area contributed by atoms with E-state index in [4.69, 9.17) is 14.2 Å². The summed E-state index contributed by atoms with van der Waals surface area (Å²) in [6.45, 7) is 7.53. The summed E-state index contributed by atoms with van der Waals surface area (Å²) in [4.78, 5) is 25.5. The van der Waals surface area contributed by atoms with Crippen molar-refractivity contribution in [1.82, 2.24) is 0 Å². The van der Waals surface area contributed by atoms with Gasteiger partial charge in [-0.1, -0.05) is 232 Å². The Bertz CT molecular complexity index is 1420. The Hall–Kier alpha value is -3.70. The van der Waals surface area contributed by atoms with Gasteiger partial charge in [-0.05, 0) is 128 Å². The molecule has 0 saturated heterocycles. The highest BCUT2D eigenvalue weighted by Gasteiger charge is 2.17. The largest absolute Gasteiger partial charge is 0.462 e. The van der Waals surface area contributed by atoms with Crippen LogP contribution in [0.15, 0.2) is 122 Å². The maximum Gasteiger partial charge on any atom is 0.306 e. The second kappa shape index (κ2) is 59.6. The van der Waals surface area contributed by atoms with Crippen LogP contribution in [-0.4, -0.2) is 37.9 Å². The molecule has 398 valence electrons. The first-order valence-corrected chi connectivity index (χ1v) is 29.1. The van der Waals surface area contributed by atoms with E-state index >= 15 is 0 Å². The number of carbonyl (C=O) groups excluding carboxylic acids is 2. The summed E-state index contributed by atoms with van der Waals surface area (Å²) in [7, 11) is 0. The van der Waals surface area contributed by atoms with E-state index in [1.54, 1.807) is 0 Å². The zero-order valence-corrected chi connectivity index (χ0v) is 45.7. The number of hydrogen-bond donors (Lipinski definition) is 0. The van der Waals surface area contributed by atoms with Crippen molar-refractivity contribution in [3.63, 3.8) is 0 Å². The van der Waals surface area contributed by atoms with Gasteiger partial charge in [-0.25, -0.2) is 0 Å². The van der Waals surface area contributed by atoms with E-state index in [1.165, 1.54) is 89.9 Å². The molecule has 1 unspecified atom stereocenters. The molecule has 0 amide bonds. The minimum Gasteiger partial charge on any atom is -0.462 e. The fourth-order valence-electron chi connectivity index (χ4n) is 7.70. The zero-order valence-electron chi connectivity index (χ0n) is 45.7. The molecule has 0 saturated carbocycles. The molecule has 70 heavy (non-hydrogen) atoms. The van der Waals surface area contributed by atoms with Crippen LogP contribution in [0.4, 0.5) is 0 Å². The zero-order chi connectivity index (χ0) is 50.6. The third-order valence-corrected chi connectivity index (χ3v) is 12.0. The Morgan fingerprint density at radius 3 is 1.03 bits per heavy atom. The molecule has 0 radical (unpaired) electrons. The second-order valence-electron chi connectivity index (χ2n) is 18.8. The lowest BCUT2D eigenvalue weighted by molar-refractivity contribution is -0.163. The van der Waals surface area contributed by atoms with E-state index < -0.39 is 6.10 Å². The molecular weight excluding hydrogens is 861 g/mol. The van der Waals surface area contributed by atoms with Crippen molar-refractivity contribution in [3.05, 3.63) is 122 Å². The number of allylic oxidation sites excluding steroid dienone is 20. The molecule has 0 heterocycles. The monoisotopic (exact) mass is 969 g/mol. The first kappa shape index (κ1) is 66.3. The number of unbranched alkanes of at least 4 members (excludes halogenated alkanes) is 21. The van der Waals surface area contributed by atoms with Crippen LogP contribution in [0, 0.1) is 0 Å². The van der Waals surface area contributed by atoms with Crippen molar-refractivity contribution in [1.29, 1.82) is 0 Å². The topological polar surface area (TPSA) is 61.8 Å². The Morgan fingerprint density at radius 2 is 0.643 bits per heavy atom. The van der Waals surface area contributed by atoms with Crippen LogP contribution in [-0.2, 0) is 23.8 Å². The standard InChI is InChI=1S/C65H108O5/c1-4-7-10-13-16-19-22-25-28-30-32-34-36-39-42-45-48-51-54-57-60-68-61-63(70-65(67)59-56-53-50-47-44-41-37-27-24-21-18-15-12-9-6-3)62-69-64(66)58-55-52-49-46-43-40-38-35-33-31-29-26-23-20-17-14-11-8-5-2/h7-8,10-11,16-21,25-29,32-35,37,63H,4-6,9,12-15,22-24,30-31,36,38-62H2,1-3H3/b10-7-,11-8-,19-16-,20-17-,21-18-,28-25-,29-26-,34-32-,35-33-,37-27-. The van der Waals surface area contributed by atoms with Gasteiger partial charge in [0.05, 0.1) is 6.61 Å². The molecule has 5 nitrogen and oxygen atoms in total. The lowest BCUT2D eigenvalue weighted by atomic mass is 10.1. The van der Waals surface area contributed by atoms with Gasteiger partial charge in [-0.2, -0.15) is 0 Å². The summed E-state index contributed by atoms with van der Waals surface area (Å²) in [5, 5.41) is 0. The van der Waals surface area contributed by atoms with E-state index in [1.807, 2.05) is 0 Å². The van der Waals surface area contributed by atoms with E-state index in [0.717, 1.165) is 128 Å². The summed E-state index contributed by atoms with van der Waals surface area (Å²) in [6, 6.07) is 0. The average Bonchev–Trinajstić information content (AvgIpc) is 3.36. The number of esters is 2. The van der Waals surface area contributed by atoms with Crippen LogP contribution in [0.5, 0.6) is 0 Å². The van der Waals surface area contributed by atoms with Gasteiger partial charge in [0.25, 0.3) is 0 Å². The first-order chi connectivity index (χ1) is 34.6. The Kier molecular flexibility index (Phi) is 56.5. The summed E-state index contributed by atoms with van der Waals surface area (Å²) in [5.41, 5.74) is 0. The normalized spacial score (nSPS) is 13.1. The first-order valence-electron chi connectivity index (χ1n) is 29.1. The smallest absolute Gasteiger partial charge is 0.306 e. The molecule has 0 aromatic heterocycles. The molecule has 0 N–H and O–H groups in total. The molecule has 5 heteroatoms. The molecule has 0 aromatic carbocycles. The predicted octanol–water partition coefficient (Wildman–Crippen LogP) is 20.1. The number of carbonyl (C=O) groups is 2. The van der Waals surface area contributed by atoms with E-state index in [9.17, 15) is 9.59 Å². The van der Waals surface area contributed by atoms with Crippen LogP contribution in [0.25, 0.3) is 0 Å². The minimum absolute atomic E-state index is 0.0605. The van der Waals surface area contributed by atoms with Gasteiger partial charge in [-0.15, -0.1) is 0 Å². The van der Waals surface area contributed by atoms with Crippen LogP contribution < -0.4 is 0 Å². The number of ether oxygens (including phenoxy) is 3. The highest BCUT2D eigenvalue weighted by molar-refractivity contribution is 5.70. The van der Waals surface area contributed by atoms with Gasteiger partial charge in [0.15, 0.2) is 6.10 Å². The highest BCUT2D eigenvalue weighted by atomic mass is 16.6. The molecule has 1 atom stereocenters. The molecular formula is C65H108O5. The third-order valence-electron chi connectivity index (χ3n) is 12.0. The lowest BCUT2D eigenvalue weighted by Gasteiger charge is -2.18. The lowest BCUT2D eigenvalue weighted by Crippen LogP contribution is -2.30. The molecule has 0 aromatic rings. The molecule has 0 spiro atoms. The molecule has 0 rings (SSSR count). The molecule has 0 fully saturated rings. The minimum atomic E-state index is -0.565. The van der Waals surface area contributed by atoms with Crippen molar-refractivity contribution in [2.45, 2.75) is 258 Å². The van der Waals surface area contributed by atoms with Crippen molar-refractivity contribution in [3.8, 4) is 0 Å². The summed E-state index contributed by atoms with van der Waals surface area (Å²) in [5.74, 6) is -0.438. The van der Waals surface area contributed by atoms with Gasteiger partial charge in [0, 0.05) is 19.4 Å². The van der Waals surface area contributed by atoms with Crippen LogP contribution in [0.2, 0.25) is 0 Å². The highest BCUT2D eigenvalue weighted by Crippen LogP contribution is 2.14. The van der Waals surface area contributed by atoms with Crippen LogP contribution in [0.1, 0.15) is 252 Å². The maximum absolute atomic E-state index is 12.9. The molecule has 0 aliphatic rings. The second-order valence-corrected chi connectivity index (χ2v) is 18.8. The average molecular weight is 970 g/mol. The van der Waals surface area contributed by atoms with Crippen molar-refractivity contribution < 1.29 is 23.8 Å². The Morgan fingerprint density at radius 1 is 0.329 bits per heavy atom. The van der Waals surface area contributed by atoms with Gasteiger partial charge < -0.3 is 14.2 Å². The van der Waals surface area contributed by atoms with Crippen LogP contribution in [0.3, 0.4) is 0 Å². The molecule has 0 aliphatic heterocycles. The maximum atomic E-state index is 12.9. The third kappa shape index (κ3) is 56.9. The van der Waals surface area contributed by atoms with E-state index in [-0.39, 0.29) is 25.2 Å².